The van der Waals surface area contributed by atoms with E-state index in [1.54, 1.807) is 22.0 Å². The van der Waals surface area contributed by atoms with Crippen LogP contribution in [0.3, 0.4) is 0 Å². The first kappa shape index (κ1) is 28.9. The highest BCUT2D eigenvalue weighted by atomic mass is 79.9. The first-order chi connectivity index (χ1) is 17.2. The summed E-state index contributed by atoms with van der Waals surface area (Å²) in [5.74, 6) is -2.73. The summed E-state index contributed by atoms with van der Waals surface area (Å²) in [6, 6.07) is -1.50. The molecule has 8 atom stereocenters. The van der Waals surface area contributed by atoms with Gasteiger partial charge in [-0.05, 0) is 25.2 Å². The van der Waals surface area contributed by atoms with E-state index in [9.17, 15) is 19.5 Å². The standard InChI is InChI=1S/C27H41BrN2O6/c1-6-10-13-29(12-8-3)25(33)23-27-15-18(28)22(36-27)20(26(34)35-14-11-7-2)21(27)24(32)30(23)19(16-31)17(5)9-4/h7-8,17-23,31H,2-3,6,9-16H2,1,4-5H3/t17-,18?,19-,20+,21-,22+,23?,27?/m0/s1. The summed E-state index contributed by atoms with van der Waals surface area (Å²) in [6.07, 6.45) is 6.16. The number of alkyl halides is 1. The van der Waals surface area contributed by atoms with Crippen LogP contribution >= 0.6 is 15.9 Å². The van der Waals surface area contributed by atoms with Gasteiger partial charge in [-0.15, -0.1) is 13.2 Å². The summed E-state index contributed by atoms with van der Waals surface area (Å²) in [6.45, 7) is 14.3. The molecule has 3 unspecified atom stereocenters. The molecule has 0 aromatic rings. The van der Waals surface area contributed by atoms with Gasteiger partial charge in [-0.3, -0.25) is 14.4 Å². The summed E-state index contributed by atoms with van der Waals surface area (Å²) < 4.78 is 12.0. The molecular formula is C27H41BrN2O6. The molecule has 0 aromatic carbocycles. The third-order valence-electron chi connectivity index (χ3n) is 8.09. The summed E-state index contributed by atoms with van der Waals surface area (Å²) in [5.41, 5.74) is -1.17. The van der Waals surface area contributed by atoms with Crippen molar-refractivity contribution in [1.82, 2.24) is 9.80 Å². The molecule has 8 nitrogen and oxygen atoms in total. The van der Waals surface area contributed by atoms with Gasteiger partial charge >= 0.3 is 5.97 Å². The second-order valence-corrected chi connectivity index (χ2v) is 11.4. The van der Waals surface area contributed by atoms with Crippen molar-refractivity contribution in [1.29, 1.82) is 0 Å². The lowest BCUT2D eigenvalue weighted by molar-refractivity contribution is -0.157. The molecule has 0 saturated carbocycles. The van der Waals surface area contributed by atoms with E-state index in [0.29, 0.717) is 25.9 Å². The second-order valence-electron chi connectivity index (χ2n) is 10.2. The topological polar surface area (TPSA) is 96.4 Å². The first-order valence-corrected chi connectivity index (χ1v) is 14.1. The van der Waals surface area contributed by atoms with E-state index in [4.69, 9.17) is 9.47 Å². The van der Waals surface area contributed by atoms with Crippen molar-refractivity contribution in [3.8, 4) is 0 Å². The van der Waals surface area contributed by atoms with Crippen LogP contribution in [-0.4, -0.2) is 87.6 Å². The molecule has 202 valence electrons. The third kappa shape index (κ3) is 4.90. The van der Waals surface area contributed by atoms with Crippen LogP contribution in [0.25, 0.3) is 0 Å². The number of unbranched alkanes of at least 4 members (excludes halogenated alkanes) is 1. The summed E-state index contributed by atoms with van der Waals surface area (Å²) in [4.78, 5) is 44.7. The number of aliphatic hydroxyl groups excluding tert-OH is 1. The van der Waals surface area contributed by atoms with Crippen LogP contribution in [0, 0.1) is 17.8 Å². The van der Waals surface area contributed by atoms with Gasteiger partial charge in [0.2, 0.25) is 11.8 Å². The Labute approximate surface area is 223 Å². The average molecular weight is 570 g/mol. The number of likely N-dealkylation sites (tertiary alicyclic amines) is 1. The van der Waals surface area contributed by atoms with Gasteiger partial charge in [-0.2, -0.15) is 0 Å². The van der Waals surface area contributed by atoms with Gasteiger partial charge in [0.05, 0.1) is 37.2 Å². The van der Waals surface area contributed by atoms with Crippen LogP contribution in [0.5, 0.6) is 0 Å². The lowest BCUT2D eigenvalue weighted by atomic mass is 9.70. The van der Waals surface area contributed by atoms with Gasteiger partial charge in [-0.1, -0.05) is 61.7 Å². The van der Waals surface area contributed by atoms with Gasteiger partial charge in [-0.25, -0.2) is 0 Å². The van der Waals surface area contributed by atoms with Crippen LogP contribution in [0.15, 0.2) is 25.3 Å². The fourth-order valence-corrected chi connectivity index (χ4v) is 7.04. The van der Waals surface area contributed by atoms with E-state index in [0.717, 1.165) is 19.3 Å². The highest BCUT2D eigenvalue weighted by Crippen LogP contribution is 2.61. The highest BCUT2D eigenvalue weighted by molar-refractivity contribution is 9.09. The molecule has 2 bridgehead atoms. The molecule has 3 saturated heterocycles. The fraction of sp³-hybridized carbons (Fsp3) is 0.741. The summed E-state index contributed by atoms with van der Waals surface area (Å²) in [7, 11) is 0. The number of carbonyl (C=O) groups excluding carboxylic acids is 3. The number of ether oxygens (including phenoxy) is 2. The van der Waals surface area contributed by atoms with Crippen molar-refractivity contribution in [2.75, 3.05) is 26.3 Å². The molecule has 3 aliphatic rings. The highest BCUT2D eigenvalue weighted by Gasteiger charge is 2.77. The maximum Gasteiger partial charge on any atom is 0.312 e. The fourth-order valence-electron chi connectivity index (χ4n) is 6.10. The molecule has 2 amide bonds. The zero-order valence-electron chi connectivity index (χ0n) is 21.7. The molecule has 3 aliphatic heterocycles. The Kier molecular flexibility index (Phi) is 9.80. The molecule has 3 heterocycles. The molecule has 1 N–H and O–H groups in total. The largest absolute Gasteiger partial charge is 0.465 e. The van der Waals surface area contributed by atoms with Crippen molar-refractivity contribution < 1.29 is 29.0 Å². The number of halogens is 1. The number of amides is 2. The Morgan fingerprint density at radius 1 is 1.36 bits per heavy atom. The van der Waals surface area contributed by atoms with Crippen LogP contribution < -0.4 is 0 Å². The van der Waals surface area contributed by atoms with Crippen LogP contribution in [-0.2, 0) is 23.9 Å². The molecule has 0 aromatic heterocycles. The van der Waals surface area contributed by atoms with Gasteiger partial charge in [0.1, 0.15) is 11.6 Å². The van der Waals surface area contributed by atoms with Gasteiger partial charge in [0.15, 0.2) is 0 Å². The number of aliphatic hydroxyl groups is 1. The lowest BCUT2D eigenvalue weighted by Crippen LogP contribution is -2.60. The third-order valence-corrected chi connectivity index (χ3v) is 8.93. The van der Waals surface area contributed by atoms with Crippen molar-refractivity contribution in [3.63, 3.8) is 0 Å². The normalized spacial score (nSPS) is 32.2. The van der Waals surface area contributed by atoms with Crippen LogP contribution in [0.1, 0.15) is 52.9 Å². The maximum atomic E-state index is 14.2. The molecule has 36 heavy (non-hydrogen) atoms. The van der Waals surface area contributed by atoms with E-state index in [-0.39, 0.29) is 35.8 Å². The molecule has 1 spiro atoms. The Morgan fingerprint density at radius 2 is 2.08 bits per heavy atom. The van der Waals surface area contributed by atoms with E-state index in [1.807, 2.05) is 13.8 Å². The monoisotopic (exact) mass is 568 g/mol. The van der Waals surface area contributed by atoms with Gasteiger partial charge in [0.25, 0.3) is 0 Å². The Morgan fingerprint density at radius 3 is 2.67 bits per heavy atom. The molecule has 3 fully saturated rings. The number of fused-ring (bicyclic) bond motifs is 1. The molecule has 9 heteroatoms. The predicted octanol–water partition coefficient (Wildman–Crippen LogP) is 3.08. The number of esters is 1. The lowest BCUT2D eigenvalue weighted by Gasteiger charge is -2.41. The zero-order chi connectivity index (χ0) is 26.6. The van der Waals surface area contributed by atoms with Crippen molar-refractivity contribution in [3.05, 3.63) is 25.3 Å². The molecule has 0 aliphatic carbocycles. The van der Waals surface area contributed by atoms with Gasteiger partial charge < -0.3 is 24.4 Å². The Hall–Kier alpha value is -1.71. The van der Waals surface area contributed by atoms with E-state index >= 15 is 0 Å². The summed E-state index contributed by atoms with van der Waals surface area (Å²) in [5, 5.41) is 10.4. The predicted molar refractivity (Wildman–Crippen MR) is 140 cm³/mol. The maximum absolute atomic E-state index is 14.2. The number of nitrogens with zero attached hydrogens (tertiary/aromatic N) is 2. The Balaban J connectivity index is 2.08. The number of hydrogen-bond donors (Lipinski definition) is 1. The quantitative estimate of drug-likeness (QED) is 0.150. The molecule has 3 rings (SSSR count). The van der Waals surface area contributed by atoms with Crippen LogP contribution in [0.2, 0.25) is 0 Å². The SMILES string of the molecule is C=CCCOC(=O)[C@H]1[C@@H]2OC3(CC2Br)C(C(=O)N(CC=C)CCCC)N([C@@H](CO)[C@@H](C)CC)C(=O)[C@H]13. The molecular weight excluding hydrogens is 528 g/mol. The second kappa shape index (κ2) is 12.2. The molecule has 0 radical (unpaired) electrons. The van der Waals surface area contributed by atoms with Gasteiger partial charge in [0, 0.05) is 17.9 Å². The van der Waals surface area contributed by atoms with E-state index in [1.165, 1.54) is 0 Å². The van der Waals surface area contributed by atoms with Crippen LogP contribution in [0.4, 0.5) is 0 Å². The van der Waals surface area contributed by atoms with E-state index in [2.05, 4.69) is 36.0 Å². The minimum Gasteiger partial charge on any atom is -0.465 e. The van der Waals surface area contributed by atoms with Crippen molar-refractivity contribution >= 4 is 33.7 Å². The van der Waals surface area contributed by atoms with E-state index < -0.39 is 41.6 Å². The van der Waals surface area contributed by atoms with Crippen molar-refractivity contribution in [2.24, 2.45) is 17.8 Å². The minimum atomic E-state index is -1.17. The number of rotatable bonds is 14. The average Bonchev–Trinajstić information content (AvgIpc) is 3.45. The minimum absolute atomic E-state index is 0.0528. The first-order valence-electron chi connectivity index (χ1n) is 13.2. The zero-order valence-corrected chi connectivity index (χ0v) is 23.3. The summed E-state index contributed by atoms with van der Waals surface area (Å²) >= 11 is 3.67. The number of hydrogen-bond acceptors (Lipinski definition) is 6. The number of carbonyl (C=O) groups is 3. The Bertz CT molecular complexity index is 852. The van der Waals surface area contributed by atoms with Crippen molar-refractivity contribution in [2.45, 2.75) is 81.5 Å². The smallest absolute Gasteiger partial charge is 0.312 e.